The Morgan fingerprint density at radius 3 is 2.10 bits per heavy atom. The Morgan fingerprint density at radius 1 is 0.850 bits per heavy atom. The number of benzene rings is 2. The maximum Gasteiger partial charge on any atom is 0.0389 e. The van der Waals surface area contributed by atoms with Gasteiger partial charge in [-0.1, -0.05) is 60.7 Å². The third kappa shape index (κ3) is 3.44. The van der Waals surface area contributed by atoms with Crippen LogP contribution in [0.2, 0.25) is 0 Å². The van der Waals surface area contributed by atoms with E-state index in [1.165, 1.54) is 35.7 Å². The lowest BCUT2D eigenvalue weighted by Gasteiger charge is -2.35. The van der Waals surface area contributed by atoms with Crippen LogP contribution in [0.5, 0.6) is 0 Å². The fraction of sp³-hybridized carbons (Fsp3) is 0.333. The van der Waals surface area contributed by atoms with Gasteiger partial charge in [-0.15, -0.1) is 0 Å². The number of hydrogen-bond donors (Lipinski definition) is 0. The average molecular weight is 283 g/mol. The first-order valence-corrected chi connectivity index (χ1v) is 8.49. The van der Waals surface area contributed by atoms with Crippen molar-refractivity contribution in [1.29, 1.82) is 0 Å². The molecule has 2 heteroatoms. The average Bonchev–Trinajstić information content (AvgIpc) is 2.55. The van der Waals surface area contributed by atoms with Crippen molar-refractivity contribution in [3.8, 4) is 0 Å². The van der Waals surface area contributed by atoms with Gasteiger partial charge in [0.15, 0.2) is 0 Å². The molecule has 1 nitrogen and oxygen atoms in total. The maximum absolute atomic E-state index is 2.65. The van der Waals surface area contributed by atoms with E-state index < -0.39 is 0 Å². The van der Waals surface area contributed by atoms with Gasteiger partial charge in [-0.05, 0) is 17.5 Å². The van der Waals surface area contributed by atoms with Crippen molar-refractivity contribution in [2.24, 2.45) is 0 Å². The Morgan fingerprint density at radius 2 is 1.45 bits per heavy atom. The Labute approximate surface area is 126 Å². The second-order valence-corrected chi connectivity index (χ2v) is 6.49. The molecule has 0 saturated carbocycles. The zero-order valence-electron chi connectivity index (χ0n) is 11.7. The van der Waals surface area contributed by atoms with Gasteiger partial charge in [0, 0.05) is 30.6 Å². The van der Waals surface area contributed by atoms with Gasteiger partial charge in [0.2, 0.25) is 0 Å². The summed E-state index contributed by atoms with van der Waals surface area (Å²) in [6.07, 6.45) is 1.11. The Bertz CT molecular complexity index is 505. The number of nitrogens with zero attached hydrogens (tertiary/aromatic N) is 1. The normalized spacial score (nSPS) is 17.8. The zero-order chi connectivity index (χ0) is 13.6. The highest BCUT2D eigenvalue weighted by Gasteiger charge is 2.22. The molecule has 1 aliphatic rings. The van der Waals surface area contributed by atoms with Crippen LogP contribution in [-0.2, 0) is 6.42 Å². The molecule has 0 spiro atoms. The molecule has 1 saturated heterocycles. The van der Waals surface area contributed by atoms with Crippen LogP contribution in [0, 0.1) is 0 Å². The molecule has 104 valence electrons. The molecule has 0 bridgehead atoms. The van der Waals surface area contributed by atoms with Gasteiger partial charge in [-0.25, -0.2) is 0 Å². The summed E-state index contributed by atoms with van der Waals surface area (Å²) in [5.74, 6) is 2.52. The van der Waals surface area contributed by atoms with Crippen molar-refractivity contribution in [3.63, 3.8) is 0 Å². The van der Waals surface area contributed by atoms with Crippen molar-refractivity contribution in [2.75, 3.05) is 24.6 Å². The van der Waals surface area contributed by atoms with Crippen LogP contribution in [0.3, 0.4) is 0 Å². The van der Waals surface area contributed by atoms with E-state index in [2.05, 4.69) is 77.3 Å². The van der Waals surface area contributed by atoms with Crippen molar-refractivity contribution >= 4 is 11.8 Å². The SMILES string of the molecule is c1ccc(CC(c2ccccc2)N2CCSCC2)cc1. The minimum atomic E-state index is 0.513. The van der Waals surface area contributed by atoms with E-state index >= 15 is 0 Å². The van der Waals surface area contributed by atoms with Crippen LogP contribution in [0.4, 0.5) is 0 Å². The summed E-state index contributed by atoms with van der Waals surface area (Å²) in [5, 5.41) is 0. The molecule has 0 aromatic heterocycles. The fourth-order valence-corrected chi connectivity index (χ4v) is 3.79. The molecular weight excluding hydrogens is 262 g/mol. The molecule has 1 fully saturated rings. The molecule has 0 N–H and O–H groups in total. The third-order valence-corrected chi connectivity index (χ3v) is 4.89. The van der Waals surface area contributed by atoms with Gasteiger partial charge in [0.05, 0.1) is 0 Å². The Hall–Kier alpha value is -1.25. The van der Waals surface area contributed by atoms with E-state index in [0.717, 1.165) is 6.42 Å². The molecule has 1 atom stereocenters. The predicted molar refractivity (Wildman–Crippen MR) is 88.2 cm³/mol. The van der Waals surface area contributed by atoms with Gasteiger partial charge >= 0.3 is 0 Å². The molecule has 1 aliphatic heterocycles. The first-order chi connectivity index (χ1) is 9.93. The van der Waals surface area contributed by atoms with Crippen LogP contribution in [0.25, 0.3) is 0 Å². The molecule has 2 aromatic rings. The summed E-state index contributed by atoms with van der Waals surface area (Å²) >= 11 is 2.08. The van der Waals surface area contributed by atoms with Crippen molar-refractivity contribution in [2.45, 2.75) is 12.5 Å². The molecule has 3 rings (SSSR count). The largest absolute Gasteiger partial charge is 0.294 e. The fourth-order valence-electron chi connectivity index (χ4n) is 2.86. The second kappa shape index (κ2) is 6.96. The monoisotopic (exact) mass is 283 g/mol. The highest BCUT2D eigenvalue weighted by Crippen LogP contribution is 2.27. The summed E-state index contributed by atoms with van der Waals surface area (Å²) < 4.78 is 0. The van der Waals surface area contributed by atoms with Crippen LogP contribution < -0.4 is 0 Å². The van der Waals surface area contributed by atoms with Crippen LogP contribution in [0.1, 0.15) is 17.2 Å². The van der Waals surface area contributed by atoms with Gasteiger partial charge < -0.3 is 0 Å². The second-order valence-electron chi connectivity index (χ2n) is 5.26. The smallest absolute Gasteiger partial charge is 0.0389 e. The molecular formula is C18H21NS. The van der Waals surface area contributed by atoms with E-state index in [1.54, 1.807) is 0 Å². The molecule has 20 heavy (non-hydrogen) atoms. The minimum absolute atomic E-state index is 0.513. The maximum atomic E-state index is 2.65. The van der Waals surface area contributed by atoms with Gasteiger partial charge in [0.25, 0.3) is 0 Å². The van der Waals surface area contributed by atoms with Crippen LogP contribution in [-0.4, -0.2) is 29.5 Å². The summed E-state index contributed by atoms with van der Waals surface area (Å²) in [4.78, 5) is 2.65. The van der Waals surface area contributed by atoms with Gasteiger partial charge in [-0.3, -0.25) is 4.90 Å². The first-order valence-electron chi connectivity index (χ1n) is 7.34. The van der Waals surface area contributed by atoms with Gasteiger partial charge in [-0.2, -0.15) is 11.8 Å². The zero-order valence-corrected chi connectivity index (χ0v) is 12.6. The molecule has 1 unspecified atom stereocenters. The Balaban J connectivity index is 1.83. The minimum Gasteiger partial charge on any atom is -0.294 e. The standard InChI is InChI=1S/C18H21NS/c1-3-7-16(8-4-1)15-18(17-9-5-2-6-10-17)19-11-13-20-14-12-19/h1-10,18H,11-15H2. The van der Waals surface area contributed by atoms with Gasteiger partial charge in [0.1, 0.15) is 0 Å². The van der Waals surface area contributed by atoms with Crippen LogP contribution in [0.15, 0.2) is 60.7 Å². The molecule has 2 aromatic carbocycles. The predicted octanol–water partition coefficient (Wildman–Crippen LogP) is 4.02. The lowest BCUT2D eigenvalue weighted by Crippen LogP contribution is -2.37. The first kappa shape index (κ1) is 13.7. The van der Waals surface area contributed by atoms with E-state index in [4.69, 9.17) is 0 Å². The molecule has 1 heterocycles. The molecule has 0 amide bonds. The molecule has 0 radical (unpaired) electrons. The molecule has 0 aliphatic carbocycles. The number of thioether (sulfide) groups is 1. The van der Waals surface area contributed by atoms with Crippen molar-refractivity contribution in [1.82, 2.24) is 4.90 Å². The lowest BCUT2D eigenvalue weighted by atomic mass is 9.97. The van der Waals surface area contributed by atoms with E-state index in [1.807, 2.05) is 0 Å². The Kier molecular flexibility index (Phi) is 4.77. The quantitative estimate of drug-likeness (QED) is 0.834. The van der Waals surface area contributed by atoms with E-state index in [0.29, 0.717) is 6.04 Å². The summed E-state index contributed by atoms with van der Waals surface area (Å²) in [6, 6.07) is 22.4. The number of hydrogen-bond acceptors (Lipinski definition) is 2. The van der Waals surface area contributed by atoms with Crippen molar-refractivity contribution < 1.29 is 0 Å². The topological polar surface area (TPSA) is 3.24 Å². The summed E-state index contributed by atoms with van der Waals surface area (Å²) in [5.41, 5.74) is 2.88. The summed E-state index contributed by atoms with van der Waals surface area (Å²) in [7, 11) is 0. The lowest BCUT2D eigenvalue weighted by molar-refractivity contribution is 0.216. The van der Waals surface area contributed by atoms with Crippen LogP contribution >= 0.6 is 11.8 Å². The summed E-state index contributed by atoms with van der Waals surface area (Å²) in [6.45, 7) is 2.41. The highest BCUT2D eigenvalue weighted by molar-refractivity contribution is 7.99. The number of rotatable bonds is 4. The third-order valence-electron chi connectivity index (χ3n) is 3.94. The van der Waals surface area contributed by atoms with E-state index in [9.17, 15) is 0 Å². The van der Waals surface area contributed by atoms with Crippen molar-refractivity contribution in [3.05, 3.63) is 71.8 Å². The van der Waals surface area contributed by atoms with E-state index in [-0.39, 0.29) is 0 Å². The highest BCUT2D eigenvalue weighted by atomic mass is 32.2.